The van der Waals surface area contributed by atoms with E-state index in [1.807, 2.05) is 4.90 Å². The van der Waals surface area contributed by atoms with Crippen molar-refractivity contribution in [2.24, 2.45) is 5.73 Å². The first-order valence-electron chi connectivity index (χ1n) is 7.67. The molecule has 1 aliphatic rings. The van der Waals surface area contributed by atoms with E-state index >= 15 is 0 Å². The largest absolute Gasteiger partial charge is 0.380 e. The molecular weight excluding hydrogens is 315 g/mol. The number of methoxy groups -OCH3 is 1. The van der Waals surface area contributed by atoms with E-state index in [2.05, 4.69) is 10.1 Å². The summed E-state index contributed by atoms with van der Waals surface area (Å²) in [5, 5.41) is 3.91. The smallest absolute Gasteiger partial charge is 0.240 e. The molecule has 0 saturated carbocycles. The van der Waals surface area contributed by atoms with Crippen LogP contribution in [-0.4, -0.2) is 46.7 Å². The highest BCUT2D eigenvalue weighted by molar-refractivity contribution is 5.80. The van der Waals surface area contributed by atoms with Gasteiger partial charge in [-0.1, -0.05) is 17.3 Å². The minimum Gasteiger partial charge on any atom is -0.380 e. The molecule has 0 spiro atoms. The summed E-state index contributed by atoms with van der Waals surface area (Å²) >= 11 is 0. The zero-order valence-corrected chi connectivity index (χ0v) is 13.3. The predicted octanol–water partition coefficient (Wildman–Crippen LogP) is 0.874. The summed E-state index contributed by atoms with van der Waals surface area (Å²) in [5.41, 5.74) is 6.20. The quantitative estimate of drug-likeness (QED) is 0.842. The molecule has 2 aromatic rings. The number of halogens is 1. The number of ether oxygens (including phenoxy) is 1. The second kappa shape index (κ2) is 7.06. The molecule has 2 atom stereocenters. The Morgan fingerprint density at radius 3 is 3.08 bits per heavy atom. The van der Waals surface area contributed by atoms with Crippen LogP contribution in [0.4, 0.5) is 4.39 Å². The first-order valence-corrected chi connectivity index (χ1v) is 7.67. The topological polar surface area (TPSA) is 94.5 Å². The summed E-state index contributed by atoms with van der Waals surface area (Å²) in [6, 6.07) is 5.84. The van der Waals surface area contributed by atoms with Crippen LogP contribution in [-0.2, 0) is 22.5 Å². The van der Waals surface area contributed by atoms with Crippen molar-refractivity contribution in [1.82, 2.24) is 15.0 Å². The molecule has 24 heavy (non-hydrogen) atoms. The van der Waals surface area contributed by atoms with Crippen LogP contribution in [0.25, 0.3) is 0 Å². The highest BCUT2D eigenvalue weighted by Gasteiger charge is 2.36. The molecule has 7 nitrogen and oxygen atoms in total. The van der Waals surface area contributed by atoms with Crippen LogP contribution in [0.5, 0.6) is 0 Å². The molecule has 128 valence electrons. The van der Waals surface area contributed by atoms with E-state index in [1.54, 1.807) is 19.2 Å². The Balaban J connectivity index is 1.66. The summed E-state index contributed by atoms with van der Waals surface area (Å²) < 4.78 is 23.7. The number of benzene rings is 1. The predicted molar refractivity (Wildman–Crippen MR) is 82.3 cm³/mol. The van der Waals surface area contributed by atoms with E-state index in [0.29, 0.717) is 37.6 Å². The van der Waals surface area contributed by atoms with Gasteiger partial charge in [0.05, 0.1) is 18.7 Å². The van der Waals surface area contributed by atoms with E-state index in [-0.39, 0.29) is 11.9 Å². The van der Waals surface area contributed by atoms with Gasteiger partial charge >= 0.3 is 0 Å². The average Bonchev–Trinajstić information content (AvgIpc) is 3.14. The molecule has 1 amide bonds. The number of hydrogen-bond donors (Lipinski definition) is 1. The van der Waals surface area contributed by atoms with Gasteiger partial charge in [0.2, 0.25) is 11.8 Å². The highest BCUT2D eigenvalue weighted by Crippen LogP contribution is 2.22. The Hall–Kier alpha value is -2.32. The van der Waals surface area contributed by atoms with Gasteiger partial charge in [0.25, 0.3) is 0 Å². The van der Waals surface area contributed by atoms with E-state index in [0.717, 1.165) is 5.56 Å². The number of carbonyl (C=O) groups excluding carboxylic acids is 1. The molecule has 2 N–H and O–H groups in total. The van der Waals surface area contributed by atoms with Crippen molar-refractivity contribution >= 4 is 5.91 Å². The van der Waals surface area contributed by atoms with Crippen molar-refractivity contribution in [3.8, 4) is 0 Å². The van der Waals surface area contributed by atoms with Crippen LogP contribution in [0, 0.1) is 5.82 Å². The third kappa shape index (κ3) is 3.77. The third-order valence-corrected chi connectivity index (χ3v) is 4.13. The van der Waals surface area contributed by atoms with Crippen molar-refractivity contribution in [1.29, 1.82) is 0 Å². The summed E-state index contributed by atoms with van der Waals surface area (Å²) in [7, 11) is 1.61. The van der Waals surface area contributed by atoms with Gasteiger partial charge < -0.3 is 15.0 Å². The number of aromatic nitrogens is 2. The van der Waals surface area contributed by atoms with Crippen molar-refractivity contribution in [3.05, 3.63) is 47.4 Å². The fourth-order valence-corrected chi connectivity index (χ4v) is 2.93. The lowest BCUT2D eigenvalue weighted by atomic mass is 10.1. The first kappa shape index (κ1) is 16.5. The lowest BCUT2D eigenvalue weighted by molar-refractivity contribution is -0.122. The van der Waals surface area contributed by atoms with Crippen molar-refractivity contribution in [2.45, 2.75) is 31.5 Å². The standard InChI is InChI=1S/C16H19FN4O3/c1-23-12-7-13(16(18)22)21(8-12)9-15-19-14(20-24-15)6-10-3-2-4-11(17)5-10/h2-5,12-13H,6-9H2,1H3,(H2,18,22)/t12-,13-/m0/s1. The van der Waals surface area contributed by atoms with Gasteiger partial charge in [-0.3, -0.25) is 9.69 Å². The SMILES string of the molecule is CO[C@H]1C[C@@H](C(N)=O)N(Cc2nc(Cc3cccc(F)c3)no2)C1. The van der Waals surface area contributed by atoms with E-state index in [4.69, 9.17) is 15.0 Å². The maximum atomic E-state index is 13.2. The third-order valence-electron chi connectivity index (χ3n) is 4.13. The number of nitrogens with zero attached hydrogens (tertiary/aromatic N) is 3. The minimum atomic E-state index is -0.409. The van der Waals surface area contributed by atoms with Gasteiger partial charge in [-0.05, 0) is 24.1 Å². The van der Waals surface area contributed by atoms with Crippen LogP contribution < -0.4 is 5.73 Å². The lowest BCUT2D eigenvalue weighted by Gasteiger charge is -2.18. The number of amides is 1. The number of likely N-dealkylation sites (tertiary alicyclic amines) is 1. The van der Waals surface area contributed by atoms with Crippen molar-refractivity contribution in [2.75, 3.05) is 13.7 Å². The summed E-state index contributed by atoms with van der Waals surface area (Å²) in [6.07, 6.45) is 0.884. The fraction of sp³-hybridized carbons (Fsp3) is 0.438. The second-order valence-corrected chi connectivity index (χ2v) is 5.85. The summed E-state index contributed by atoms with van der Waals surface area (Å²) in [6.45, 7) is 0.898. The van der Waals surface area contributed by atoms with Crippen molar-refractivity contribution in [3.63, 3.8) is 0 Å². The van der Waals surface area contributed by atoms with Gasteiger partial charge in [-0.2, -0.15) is 4.98 Å². The maximum absolute atomic E-state index is 13.2. The van der Waals surface area contributed by atoms with Gasteiger partial charge in [-0.25, -0.2) is 4.39 Å². The molecule has 0 bridgehead atoms. The maximum Gasteiger partial charge on any atom is 0.240 e. The van der Waals surface area contributed by atoms with E-state index in [1.165, 1.54) is 12.1 Å². The monoisotopic (exact) mass is 334 g/mol. The van der Waals surface area contributed by atoms with E-state index < -0.39 is 11.9 Å². The molecule has 1 fully saturated rings. The Bertz CT molecular complexity index is 721. The molecule has 1 aromatic heterocycles. The summed E-state index contributed by atoms with van der Waals surface area (Å²) in [4.78, 5) is 17.7. The zero-order chi connectivity index (χ0) is 17.1. The van der Waals surface area contributed by atoms with E-state index in [9.17, 15) is 9.18 Å². The van der Waals surface area contributed by atoms with Gasteiger partial charge in [0.1, 0.15) is 5.82 Å². The molecule has 1 saturated heterocycles. The number of rotatable bonds is 6. The molecule has 8 heteroatoms. The average molecular weight is 334 g/mol. The number of carbonyl (C=O) groups is 1. The van der Waals surface area contributed by atoms with Crippen LogP contribution in [0.1, 0.15) is 23.7 Å². The van der Waals surface area contributed by atoms with Crippen LogP contribution in [0.2, 0.25) is 0 Å². The zero-order valence-electron chi connectivity index (χ0n) is 13.3. The van der Waals surface area contributed by atoms with Crippen LogP contribution in [0.15, 0.2) is 28.8 Å². The molecular formula is C16H19FN4O3. The number of hydrogen-bond acceptors (Lipinski definition) is 6. The molecule has 1 aliphatic heterocycles. The molecule has 0 aliphatic carbocycles. The second-order valence-electron chi connectivity index (χ2n) is 5.85. The Labute approximate surface area is 138 Å². The van der Waals surface area contributed by atoms with Crippen molar-refractivity contribution < 1.29 is 18.4 Å². The Morgan fingerprint density at radius 1 is 1.54 bits per heavy atom. The Morgan fingerprint density at radius 2 is 2.38 bits per heavy atom. The number of primary amides is 1. The molecule has 1 aromatic carbocycles. The lowest BCUT2D eigenvalue weighted by Crippen LogP contribution is -2.39. The number of nitrogens with two attached hydrogens (primary N) is 1. The molecule has 0 unspecified atom stereocenters. The van der Waals surface area contributed by atoms with Gasteiger partial charge in [-0.15, -0.1) is 0 Å². The van der Waals surface area contributed by atoms with Gasteiger partial charge in [0, 0.05) is 20.1 Å². The molecule has 2 heterocycles. The van der Waals surface area contributed by atoms with Gasteiger partial charge in [0.15, 0.2) is 5.82 Å². The summed E-state index contributed by atoms with van der Waals surface area (Å²) in [5.74, 6) is 0.162. The first-order chi connectivity index (χ1) is 11.5. The normalized spacial score (nSPS) is 21.2. The van der Waals surface area contributed by atoms with Crippen LogP contribution >= 0.6 is 0 Å². The molecule has 3 rings (SSSR count). The highest BCUT2D eigenvalue weighted by atomic mass is 19.1. The molecule has 0 radical (unpaired) electrons. The Kier molecular flexibility index (Phi) is 4.86. The van der Waals surface area contributed by atoms with Crippen LogP contribution in [0.3, 0.4) is 0 Å². The minimum absolute atomic E-state index is 0.0443. The fourth-order valence-electron chi connectivity index (χ4n) is 2.93.